The van der Waals surface area contributed by atoms with E-state index in [4.69, 9.17) is 9.47 Å². The average molecular weight is 272 g/mol. The van der Waals surface area contributed by atoms with Gasteiger partial charge in [-0.05, 0) is 19.4 Å². The first kappa shape index (κ1) is 15.6. The Bertz CT molecular complexity index is 316. The Morgan fingerprint density at radius 2 is 2.11 bits per heavy atom. The standard InChI is InChI=1S/C13H24N2O2S/c1-4-16-5-6-17-9-12-10-18-13(15-12)8-14-7-11(2)3/h10-11,14H,4-9H2,1-3H3. The number of nitrogens with zero attached hydrogens (tertiary/aromatic N) is 1. The molecule has 5 heteroatoms. The van der Waals surface area contributed by atoms with Crippen LogP contribution in [-0.2, 0) is 22.6 Å². The minimum Gasteiger partial charge on any atom is -0.379 e. The fourth-order valence-corrected chi connectivity index (χ4v) is 2.15. The molecule has 0 bridgehead atoms. The number of aromatic nitrogens is 1. The van der Waals surface area contributed by atoms with E-state index in [2.05, 4.69) is 29.5 Å². The molecule has 0 unspecified atom stereocenters. The predicted octanol–water partition coefficient (Wildman–Crippen LogP) is 2.44. The van der Waals surface area contributed by atoms with Crippen LogP contribution < -0.4 is 5.32 Å². The second-order valence-electron chi connectivity index (χ2n) is 4.51. The maximum absolute atomic E-state index is 5.48. The van der Waals surface area contributed by atoms with Crippen LogP contribution in [0.3, 0.4) is 0 Å². The predicted molar refractivity (Wildman–Crippen MR) is 74.8 cm³/mol. The van der Waals surface area contributed by atoms with Crippen LogP contribution in [0.5, 0.6) is 0 Å². The van der Waals surface area contributed by atoms with Gasteiger partial charge in [-0.25, -0.2) is 4.98 Å². The van der Waals surface area contributed by atoms with E-state index in [9.17, 15) is 0 Å². The van der Waals surface area contributed by atoms with Crippen LogP contribution in [0.2, 0.25) is 0 Å². The SMILES string of the molecule is CCOCCOCc1csc(CNCC(C)C)n1. The molecule has 0 saturated carbocycles. The first-order valence-electron chi connectivity index (χ1n) is 6.51. The van der Waals surface area contributed by atoms with Gasteiger partial charge in [0.25, 0.3) is 0 Å². The smallest absolute Gasteiger partial charge is 0.107 e. The number of rotatable bonds is 10. The summed E-state index contributed by atoms with van der Waals surface area (Å²) in [5.74, 6) is 0.673. The van der Waals surface area contributed by atoms with E-state index in [0.717, 1.165) is 30.4 Å². The van der Waals surface area contributed by atoms with E-state index in [1.54, 1.807) is 11.3 Å². The Morgan fingerprint density at radius 1 is 1.33 bits per heavy atom. The lowest BCUT2D eigenvalue weighted by Gasteiger charge is -2.04. The zero-order valence-corrected chi connectivity index (χ0v) is 12.4. The third-order valence-electron chi connectivity index (χ3n) is 2.25. The molecule has 0 atom stereocenters. The Hall–Kier alpha value is -0.490. The highest BCUT2D eigenvalue weighted by atomic mass is 32.1. The molecule has 1 aromatic heterocycles. The van der Waals surface area contributed by atoms with Crippen molar-refractivity contribution < 1.29 is 9.47 Å². The molecule has 0 aliphatic rings. The van der Waals surface area contributed by atoms with Gasteiger partial charge in [0.05, 0.1) is 25.5 Å². The second-order valence-corrected chi connectivity index (χ2v) is 5.45. The van der Waals surface area contributed by atoms with Gasteiger partial charge in [-0.2, -0.15) is 0 Å². The summed E-state index contributed by atoms with van der Waals surface area (Å²) in [6, 6.07) is 0. The van der Waals surface area contributed by atoms with Gasteiger partial charge in [-0.1, -0.05) is 13.8 Å². The summed E-state index contributed by atoms with van der Waals surface area (Å²) in [5, 5.41) is 6.57. The van der Waals surface area contributed by atoms with Crippen LogP contribution in [0.4, 0.5) is 0 Å². The molecule has 0 fully saturated rings. The molecule has 0 radical (unpaired) electrons. The quantitative estimate of drug-likeness (QED) is 0.664. The van der Waals surface area contributed by atoms with Crippen molar-refractivity contribution in [3.63, 3.8) is 0 Å². The Morgan fingerprint density at radius 3 is 2.83 bits per heavy atom. The molecule has 18 heavy (non-hydrogen) atoms. The number of thiazole rings is 1. The number of hydrogen-bond donors (Lipinski definition) is 1. The maximum Gasteiger partial charge on any atom is 0.107 e. The van der Waals surface area contributed by atoms with Crippen LogP contribution in [0.25, 0.3) is 0 Å². The van der Waals surface area contributed by atoms with Crippen molar-refractivity contribution in [1.82, 2.24) is 10.3 Å². The van der Waals surface area contributed by atoms with E-state index < -0.39 is 0 Å². The largest absolute Gasteiger partial charge is 0.379 e. The van der Waals surface area contributed by atoms with E-state index in [0.29, 0.717) is 25.7 Å². The number of ether oxygens (including phenoxy) is 2. The molecule has 0 aromatic carbocycles. The fourth-order valence-electron chi connectivity index (χ4n) is 1.40. The molecule has 0 spiro atoms. The topological polar surface area (TPSA) is 43.4 Å². The van der Waals surface area contributed by atoms with Gasteiger partial charge in [0.15, 0.2) is 0 Å². The maximum atomic E-state index is 5.48. The van der Waals surface area contributed by atoms with Gasteiger partial charge in [0, 0.05) is 18.5 Å². The average Bonchev–Trinajstić information content (AvgIpc) is 2.76. The molecule has 0 amide bonds. The van der Waals surface area contributed by atoms with Crippen LogP contribution in [0.15, 0.2) is 5.38 Å². The molecule has 1 aromatic rings. The first-order valence-corrected chi connectivity index (χ1v) is 7.39. The minimum atomic E-state index is 0.577. The van der Waals surface area contributed by atoms with Crippen molar-refractivity contribution in [2.75, 3.05) is 26.4 Å². The van der Waals surface area contributed by atoms with Crippen molar-refractivity contribution in [2.45, 2.75) is 33.9 Å². The minimum absolute atomic E-state index is 0.577. The monoisotopic (exact) mass is 272 g/mol. The van der Waals surface area contributed by atoms with Gasteiger partial charge in [-0.3, -0.25) is 0 Å². The van der Waals surface area contributed by atoms with Crippen LogP contribution >= 0.6 is 11.3 Å². The van der Waals surface area contributed by atoms with E-state index in [1.165, 1.54) is 0 Å². The lowest BCUT2D eigenvalue weighted by Crippen LogP contribution is -2.18. The molecule has 0 aliphatic carbocycles. The van der Waals surface area contributed by atoms with Crippen LogP contribution in [0.1, 0.15) is 31.5 Å². The second kappa shape index (κ2) is 9.44. The molecular formula is C13H24N2O2S. The Balaban J connectivity index is 2.13. The highest BCUT2D eigenvalue weighted by Crippen LogP contribution is 2.10. The van der Waals surface area contributed by atoms with Gasteiger partial charge < -0.3 is 14.8 Å². The van der Waals surface area contributed by atoms with Crippen molar-refractivity contribution in [3.05, 3.63) is 16.1 Å². The third-order valence-corrected chi connectivity index (χ3v) is 3.15. The summed E-state index contributed by atoms with van der Waals surface area (Å²) >= 11 is 1.68. The molecule has 1 N–H and O–H groups in total. The molecule has 0 saturated heterocycles. The summed E-state index contributed by atoms with van der Waals surface area (Å²) in [6.45, 7) is 10.9. The lowest BCUT2D eigenvalue weighted by atomic mass is 10.2. The van der Waals surface area contributed by atoms with Gasteiger partial charge >= 0.3 is 0 Å². The first-order chi connectivity index (χ1) is 8.72. The molecule has 1 heterocycles. The molecule has 0 aliphatic heterocycles. The summed E-state index contributed by atoms with van der Waals surface area (Å²) in [6.07, 6.45) is 0. The highest BCUT2D eigenvalue weighted by Gasteiger charge is 2.02. The van der Waals surface area contributed by atoms with E-state index in [-0.39, 0.29) is 0 Å². The van der Waals surface area contributed by atoms with Crippen molar-refractivity contribution in [1.29, 1.82) is 0 Å². The number of nitrogens with one attached hydrogen (secondary N) is 1. The normalized spacial score (nSPS) is 11.3. The highest BCUT2D eigenvalue weighted by molar-refractivity contribution is 7.09. The lowest BCUT2D eigenvalue weighted by molar-refractivity contribution is 0.0442. The summed E-state index contributed by atoms with van der Waals surface area (Å²) < 4.78 is 10.7. The van der Waals surface area contributed by atoms with E-state index in [1.807, 2.05) is 6.92 Å². The molecular weight excluding hydrogens is 248 g/mol. The van der Waals surface area contributed by atoms with Crippen molar-refractivity contribution in [2.24, 2.45) is 5.92 Å². The third kappa shape index (κ3) is 7.06. The Kier molecular flexibility index (Phi) is 8.17. The fraction of sp³-hybridized carbons (Fsp3) is 0.769. The van der Waals surface area contributed by atoms with Gasteiger partial charge in [0.2, 0.25) is 0 Å². The van der Waals surface area contributed by atoms with Crippen LogP contribution in [-0.4, -0.2) is 31.3 Å². The molecule has 1 rings (SSSR count). The van der Waals surface area contributed by atoms with Crippen molar-refractivity contribution >= 4 is 11.3 Å². The van der Waals surface area contributed by atoms with Crippen LogP contribution in [0, 0.1) is 5.92 Å². The summed E-state index contributed by atoms with van der Waals surface area (Å²) in [7, 11) is 0. The van der Waals surface area contributed by atoms with Crippen molar-refractivity contribution in [3.8, 4) is 0 Å². The molecule has 4 nitrogen and oxygen atoms in total. The van der Waals surface area contributed by atoms with Gasteiger partial charge in [-0.15, -0.1) is 11.3 Å². The van der Waals surface area contributed by atoms with Gasteiger partial charge in [0.1, 0.15) is 5.01 Å². The number of hydrogen-bond acceptors (Lipinski definition) is 5. The zero-order chi connectivity index (χ0) is 13.2. The van der Waals surface area contributed by atoms with E-state index >= 15 is 0 Å². The zero-order valence-electron chi connectivity index (χ0n) is 11.6. The summed E-state index contributed by atoms with van der Waals surface area (Å²) in [5.41, 5.74) is 1.01. The Labute approximate surface area is 114 Å². The summed E-state index contributed by atoms with van der Waals surface area (Å²) in [4.78, 5) is 4.52. The molecule has 104 valence electrons.